The number of nitrogens with zero attached hydrogens (tertiary/aromatic N) is 4. The smallest absolute Gasteiger partial charge is 0.327 e. The van der Waals surface area contributed by atoms with Crippen molar-refractivity contribution in [1.82, 2.24) is 24.7 Å². The fraction of sp³-hybridized carbons (Fsp3) is 0.625. The number of likely N-dealkylation sites (tertiary alicyclic amines) is 1. The summed E-state index contributed by atoms with van der Waals surface area (Å²) < 4.78 is 0. The van der Waals surface area contributed by atoms with Gasteiger partial charge in [-0.1, -0.05) is 13.8 Å². The van der Waals surface area contributed by atoms with Crippen molar-refractivity contribution in [3.8, 4) is 0 Å². The van der Waals surface area contributed by atoms with Crippen molar-refractivity contribution in [3.05, 3.63) is 18.2 Å². The molecule has 0 aromatic carbocycles. The summed E-state index contributed by atoms with van der Waals surface area (Å²) >= 11 is 0. The van der Waals surface area contributed by atoms with E-state index in [9.17, 15) is 14.4 Å². The van der Waals surface area contributed by atoms with Crippen LogP contribution >= 0.6 is 0 Å². The maximum atomic E-state index is 12.7. The average Bonchev–Trinajstić information content (AvgIpc) is 3.15. The fourth-order valence-corrected chi connectivity index (χ4v) is 3.59. The Balaban J connectivity index is 1.78. The minimum absolute atomic E-state index is 0.154. The van der Waals surface area contributed by atoms with E-state index in [0.717, 1.165) is 0 Å². The Morgan fingerprint density at radius 3 is 2.54 bits per heavy atom. The number of rotatable bonds is 3. The molecule has 0 saturated carbocycles. The lowest BCUT2D eigenvalue weighted by atomic mass is 9.85. The van der Waals surface area contributed by atoms with Crippen LogP contribution in [-0.2, 0) is 4.79 Å². The Labute approximate surface area is 140 Å². The van der Waals surface area contributed by atoms with Gasteiger partial charge in [-0.15, -0.1) is 0 Å². The van der Waals surface area contributed by atoms with Gasteiger partial charge in [-0.3, -0.25) is 14.5 Å². The summed E-state index contributed by atoms with van der Waals surface area (Å²) in [5, 5.41) is 0. The third-order valence-corrected chi connectivity index (χ3v) is 4.86. The molecule has 3 rings (SSSR count). The summed E-state index contributed by atoms with van der Waals surface area (Å²) in [6.07, 6.45) is 4.07. The number of hydrogen-bond donors (Lipinski definition) is 1. The van der Waals surface area contributed by atoms with Crippen LogP contribution in [-0.4, -0.2) is 74.7 Å². The molecule has 2 aliphatic rings. The van der Waals surface area contributed by atoms with E-state index < -0.39 is 5.54 Å². The molecule has 0 atom stereocenters. The second kappa shape index (κ2) is 5.92. The monoisotopic (exact) mass is 333 g/mol. The predicted octanol–water partition coefficient (Wildman–Crippen LogP) is 0.934. The number of urea groups is 1. The highest BCUT2D eigenvalue weighted by Crippen LogP contribution is 2.37. The quantitative estimate of drug-likeness (QED) is 0.834. The maximum Gasteiger partial charge on any atom is 0.327 e. The normalized spacial score (nSPS) is 20.6. The molecule has 0 bridgehead atoms. The molecule has 2 fully saturated rings. The molecule has 0 radical (unpaired) electrons. The molecule has 3 heterocycles. The lowest BCUT2D eigenvalue weighted by molar-refractivity contribution is -0.134. The Kier molecular flexibility index (Phi) is 4.06. The van der Waals surface area contributed by atoms with Crippen molar-refractivity contribution in [1.29, 1.82) is 0 Å². The van der Waals surface area contributed by atoms with E-state index in [2.05, 4.69) is 9.97 Å². The summed E-state index contributed by atoms with van der Waals surface area (Å²) in [7, 11) is 1.53. The van der Waals surface area contributed by atoms with E-state index in [-0.39, 0.29) is 23.8 Å². The SMILES string of the molecule is CC(C)CN1C(=O)N(C)C(=O)C12CCN(C(=O)c1ncc[nH]1)CC2. The molecule has 1 aromatic rings. The van der Waals surface area contributed by atoms with Crippen LogP contribution in [0.15, 0.2) is 12.4 Å². The molecule has 0 unspecified atom stereocenters. The summed E-state index contributed by atoms with van der Waals surface area (Å²) in [6, 6.07) is -0.237. The number of carbonyl (C=O) groups is 3. The second-order valence-electron chi connectivity index (χ2n) is 6.91. The van der Waals surface area contributed by atoms with Crippen LogP contribution in [0.2, 0.25) is 0 Å². The number of piperidine rings is 1. The number of H-pyrrole nitrogens is 1. The molecular formula is C16H23N5O3. The number of aromatic nitrogens is 2. The molecule has 8 heteroatoms. The van der Waals surface area contributed by atoms with Gasteiger partial charge in [0, 0.05) is 39.1 Å². The third kappa shape index (κ3) is 2.46. The average molecular weight is 333 g/mol. The van der Waals surface area contributed by atoms with Crippen LogP contribution in [0.4, 0.5) is 4.79 Å². The number of nitrogens with one attached hydrogen (secondary N) is 1. The topological polar surface area (TPSA) is 89.6 Å². The fourth-order valence-electron chi connectivity index (χ4n) is 3.59. The first-order chi connectivity index (χ1) is 11.4. The first-order valence-corrected chi connectivity index (χ1v) is 8.25. The third-order valence-electron chi connectivity index (χ3n) is 4.86. The molecule has 1 aromatic heterocycles. The summed E-state index contributed by atoms with van der Waals surface area (Å²) in [6.45, 7) is 5.46. The van der Waals surface area contributed by atoms with E-state index in [4.69, 9.17) is 0 Å². The Morgan fingerprint density at radius 1 is 1.33 bits per heavy atom. The van der Waals surface area contributed by atoms with Crippen molar-refractivity contribution in [3.63, 3.8) is 0 Å². The highest BCUT2D eigenvalue weighted by molar-refractivity contribution is 6.07. The predicted molar refractivity (Wildman–Crippen MR) is 86.2 cm³/mol. The van der Waals surface area contributed by atoms with Gasteiger partial charge in [0.05, 0.1) is 0 Å². The van der Waals surface area contributed by atoms with E-state index >= 15 is 0 Å². The summed E-state index contributed by atoms with van der Waals surface area (Å²) in [4.78, 5) is 49.0. The first kappa shape index (κ1) is 16.5. The molecular weight excluding hydrogens is 310 g/mol. The molecule has 2 aliphatic heterocycles. The standard InChI is InChI=1S/C16H23N5O3/c1-11(2)10-21-15(24)19(3)14(23)16(21)4-8-20(9-5-16)13(22)12-17-6-7-18-12/h6-7,11H,4-5,8-10H2,1-3H3,(H,17,18). The van der Waals surface area contributed by atoms with Gasteiger partial charge in [-0.05, 0) is 18.8 Å². The minimum atomic E-state index is -0.809. The number of amides is 4. The van der Waals surface area contributed by atoms with Gasteiger partial charge in [-0.25, -0.2) is 9.78 Å². The minimum Gasteiger partial charge on any atom is -0.341 e. The molecule has 24 heavy (non-hydrogen) atoms. The molecule has 8 nitrogen and oxygen atoms in total. The Bertz CT molecular complexity index is 647. The van der Waals surface area contributed by atoms with Crippen molar-refractivity contribution in [2.75, 3.05) is 26.7 Å². The van der Waals surface area contributed by atoms with Crippen molar-refractivity contribution < 1.29 is 14.4 Å². The number of imidazole rings is 1. The molecule has 0 aliphatic carbocycles. The van der Waals surface area contributed by atoms with Gasteiger partial charge in [0.15, 0.2) is 5.82 Å². The largest absolute Gasteiger partial charge is 0.341 e. The Morgan fingerprint density at radius 2 is 2.00 bits per heavy atom. The zero-order valence-electron chi connectivity index (χ0n) is 14.3. The first-order valence-electron chi connectivity index (χ1n) is 8.25. The molecule has 130 valence electrons. The zero-order chi connectivity index (χ0) is 17.5. The molecule has 4 amide bonds. The van der Waals surface area contributed by atoms with E-state index in [1.54, 1.807) is 16.0 Å². The van der Waals surface area contributed by atoms with Crippen molar-refractivity contribution in [2.24, 2.45) is 5.92 Å². The number of hydrogen-bond acceptors (Lipinski definition) is 4. The zero-order valence-corrected chi connectivity index (χ0v) is 14.3. The van der Waals surface area contributed by atoms with Crippen molar-refractivity contribution >= 4 is 17.8 Å². The van der Waals surface area contributed by atoms with Gasteiger partial charge < -0.3 is 14.8 Å². The number of likely N-dealkylation sites (N-methyl/N-ethyl adjacent to an activating group) is 1. The van der Waals surface area contributed by atoms with Crippen LogP contribution in [0.3, 0.4) is 0 Å². The lowest BCUT2D eigenvalue weighted by Gasteiger charge is -2.42. The number of imide groups is 1. The highest BCUT2D eigenvalue weighted by atomic mass is 16.2. The van der Waals surface area contributed by atoms with Gasteiger partial charge in [0.25, 0.3) is 11.8 Å². The molecule has 1 N–H and O–H groups in total. The lowest BCUT2D eigenvalue weighted by Crippen LogP contribution is -2.58. The van der Waals surface area contributed by atoms with E-state index in [0.29, 0.717) is 38.3 Å². The van der Waals surface area contributed by atoms with Crippen molar-refractivity contribution in [2.45, 2.75) is 32.2 Å². The van der Waals surface area contributed by atoms with E-state index in [1.165, 1.54) is 18.1 Å². The highest BCUT2D eigenvalue weighted by Gasteiger charge is 2.57. The summed E-state index contributed by atoms with van der Waals surface area (Å²) in [5.74, 6) is 0.248. The number of carbonyl (C=O) groups excluding carboxylic acids is 3. The van der Waals surface area contributed by atoms with Crippen LogP contribution in [0.5, 0.6) is 0 Å². The van der Waals surface area contributed by atoms with Gasteiger partial charge in [-0.2, -0.15) is 0 Å². The maximum absolute atomic E-state index is 12.7. The Hall–Kier alpha value is -2.38. The van der Waals surface area contributed by atoms with Crippen LogP contribution in [0.1, 0.15) is 37.3 Å². The molecule has 2 saturated heterocycles. The van der Waals surface area contributed by atoms with Gasteiger partial charge >= 0.3 is 6.03 Å². The summed E-state index contributed by atoms with van der Waals surface area (Å²) in [5.41, 5.74) is -0.809. The molecule has 1 spiro atoms. The number of aromatic amines is 1. The van der Waals surface area contributed by atoms with Gasteiger partial charge in [0.1, 0.15) is 5.54 Å². The second-order valence-corrected chi connectivity index (χ2v) is 6.91. The van der Waals surface area contributed by atoms with Crippen LogP contribution in [0.25, 0.3) is 0 Å². The van der Waals surface area contributed by atoms with E-state index in [1.807, 2.05) is 13.8 Å². The van der Waals surface area contributed by atoms with Crippen LogP contribution < -0.4 is 0 Å². The van der Waals surface area contributed by atoms with Crippen LogP contribution in [0, 0.1) is 5.92 Å². The van der Waals surface area contributed by atoms with Gasteiger partial charge in [0.2, 0.25) is 0 Å².